The molecule has 12 aromatic carbocycles. The molecule has 13 rings (SSSR count). The van der Waals surface area contributed by atoms with Crippen molar-refractivity contribution in [3.05, 3.63) is 320 Å². The third kappa shape index (κ3) is 7.25. The summed E-state index contributed by atoms with van der Waals surface area (Å²) in [4.78, 5) is 2.47. The molecule has 0 fully saturated rings. The summed E-state index contributed by atoms with van der Waals surface area (Å²) in [5, 5.41) is 2.44. The second-order valence-electron chi connectivity index (χ2n) is 18.7. The van der Waals surface area contributed by atoms with Gasteiger partial charge in [-0.05, 0) is 119 Å². The van der Waals surface area contributed by atoms with Crippen LogP contribution >= 0.6 is 0 Å². The van der Waals surface area contributed by atoms with Crippen LogP contribution in [0.4, 0.5) is 17.1 Å². The first kappa shape index (κ1) is 42.8. The number of benzene rings is 12. The van der Waals surface area contributed by atoms with Crippen molar-refractivity contribution in [3.8, 4) is 66.8 Å². The second-order valence-corrected chi connectivity index (χ2v) is 18.7. The van der Waals surface area contributed by atoms with Crippen molar-refractivity contribution in [2.75, 3.05) is 4.90 Å². The van der Waals surface area contributed by atoms with Gasteiger partial charge in [0.15, 0.2) is 0 Å². The Morgan fingerprint density at radius 1 is 0.236 bits per heavy atom. The molecule has 0 saturated carbocycles. The average molecular weight is 916 g/mol. The lowest BCUT2D eigenvalue weighted by Gasteiger charge is -2.34. The summed E-state index contributed by atoms with van der Waals surface area (Å²) in [7, 11) is 0. The molecule has 12 aromatic rings. The van der Waals surface area contributed by atoms with E-state index in [4.69, 9.17) is 0 Å². The highest BCUT2D eigenvalue weighted by atomic mass is 15.1. The lowest BCUT2D eigenvalue weighted by molar-refractivity contribution is 0.769. The zero-order chi connectivity index (χ0) is 47.8. The normalized spacial score (nSPS) is 12.3. The molecule has 0 unspecified atom stereocenters. The Balaban J connectivity index is 0.985. The minimum absolute atomic E-state index is 0.476. The Morgan fingerprint density at radius 2 is 0.653 bits per heavy atom. The van der Waals surface area contributed by atoms with E-state index in [9.17, 15) is 0 Å². The van der Waals surface area contributed by atoms with E-state index in [0.29, 0.717) is 0 Å². The van der Waals surface area contributed by atoms with E-state index < -0.39 is 5.41 Å². The van der Waals surface area contributed by atoms with E-state index in [0.717, 1.165) is 39.3 Å². The first-order chi connectivity index (χ1) is 35.7. The van der Waals surface area contributed by atoms with Crippen LogP contribution in [0.5, 0.6) is 0 Å². The number of nitrogens with zero attached hydrogens (tertiary/aromatic N) is 1. The van der Waals surface area contributed by atoms with Crippen molar-refractivity contribution in [3.63, 3.8) is 0 Å². The van der Waals surface area contributed by atoms with Crippen molar-refractivity contribution in [1.29, 1.82) is 0 Å². The molecule has 1 aliphatic carbocycles. The molecular weight excluding hydrogens is 867 g/mol. The molecule has 0 aliphatic heterocycles. The van der Waals surface area contributed by atoms with Crippen LogP contribution in [-0.2, 0) is 5.41 Å². The SMILES string of the molecule is c1ccc(-c2ccc(-c3ccccc3N(c3ccc(-c4ccc5c(c4)C(c4ccccc4)(c4ccccc4)c4ccccc4-5)cc3)c3ccccc3-c3cccc4cccc(-c5ccccc5)c34)cc2)cc1. The number of hydrogen-bond donors (Lipinski definition) is 0. The van der Waals surface area contributed by atoms with Gasteiger partial charge in [0.2, 0.25) is 0 Å². The van der Waals surface area contributed by atoms with Gasteiger partial charge in [-0.25, -0.2) is 0 Å². The highest BCUT2D eigenvalue weighted by molar-refractivity contribution is 6.09. The Morgan fingerprint density at radius 3 is 1.31 bits per heavy atom. The fourth-order valence-corrected chi connectivity index (χ4v) is 11.5. The highest BCUT2D eigenvalue weighted by Gasteiger charge is 2.46. The smallest absolute Gasteiger partial charge is 0.0713 e. The predicted molar refractivity (Wildman–Crippen MR) is 303 cm³/mol. The Kier molecular flexibility index (Phi) is 10.8. The van der Waals surface area contributed by atoms with Crippen LogP contribution in [0.2, 0.25) is 0 Å². The Labute approximate surface area is 422 Å². The van der Waals surface area contributed by atoms with Gasteiger partial charge in [0.25, 0.3) is 0 Å². The molecule has 72 heavy (non-hydrogen) atoms. The molecule has 0 radical (unpaired) electrons. The summed E-state index contributed by atoms with van der Waals surface area (Å²) < 4.78 is 0. The first-order valence-corrected chi connectivity index (χ1v) is 24.9. The number of anilines is 3. The lowest BCUT2D eigenvalue weighted by Crippen LogP contribution is -2.28. The molecule has 0 spiro atoms. The van der Waals surface area contributed by atoms with Gasteiger partial charge in [-0.15, -0.1) is 0 Å². The Hall–Kier alpha value is -9.30. The number of rotatable bonds is 10. The Bertz CT molecular complexity index is 3830. The third-order valence-electron chi connectivity index (χ3n) is 14.8. The lowest BCUT2D eigenvalue weighted by atomic mass is 9.67. The standard InChI is InChI=1S/C71H49N/c1-5-21-50(22-6-1)51-39-41-54(42-40-51)60-31-14-17-37-68(60)72(69-38-18-15-33-64(69)65-35-20-26-55-25-19-34-61(70(55)65)53-23-7-2-8-24-53)59-46-43-52(44-47-59)56-45-48-63-62-32-13-16-36-66(62)71(67(63)49-56,57-27-9-3-10-28-57)58-29-11-4-12-30-58/h1-49H. The fourth-order valence-electron chi connectivity index (χ4n) is 11.5. The van der Waals surface area contributed by atoms with E-state index in [1.165, 1.54) is 77.5 Å². The largest absolute Gasteiger partial charge is 0.309 e. The summed E-state index contributed by atoms with van der Waals surface area (Å²) in [6.07, 6.45) is 0. The van der Waals surface area contributed by atoms with E-state index in [-0.39, 0.29) is 0 Å². The summed E-state index contributed by atoms with van der Waals surface area (Å²) in [6, 6.07) is 109. The van der Waals surface area contributed by atoms with Gasteiger partial charge in [0.1, 0.15) is 0 Å². The average Bonchev–Trinajstić information content (AvgIpc) is 3.77. The molecule has 338 valence electrons. The van der Waals surface area contributed by atoms with Crippen LogP contribution in [-0.4, -0.2) is 0 Å². The molecule has 0 atom stereocenters. The molecule has 1 heteroatoms. The maximum atomic E-state index is 2.47. The summed E-state index contributed by atoms with van der Waals surface area (Å²) >= 11 is 0. The minimum Gasteiger partial charge on any atom is -0.309 e. The number of para-hydroxylation sites is 2. The van der Waals surface area contributed by atoms with E-state index in [2.05, 4.69) is 302 Å². The minimum atomic E-state index is -0.476. The quantitative estimate of drug-likeness (QED) is 0.132. The third-order valence-corrected chi connectivity index (χ3v) is 14.8. The topological polar surface area (TPSA) is 3.24 Å². The first-order valence-electron chi connectivity index (χ1n) is 24.9. The summed E-state index contributed by atoms with van der Waals surface area (Å²) in [5.41, 5.74) is 22.3. The molecule has 0 saturated heterocycles. The monoisotopic (exact) mass is 915 g/mol. The molecule has 1 aliphatic rings. The maximum absolute atomic E-state index is 2.47. The molecule has 0 heterocycles. The zero-order valence-electron chi connectivity index (χ0n) is 39.7. The predicted octanol–water partition coefficient (Wildman–Crippen LogP) is 19.0. The zero-order valence-corrected chi connectivity index (χ0v) is 39.7. The molecular formula is C71H49N. The van der Waals surface area contributed by atoms with Crippen molar-refractivity contribution in [2.45, 2.75) is 5.41 Å². The molecule has 1 nitrogen and oxygen atoms in total. The van der Waals surface area contributed by atoms with Crippen LogP contribution in [0.25, 0.3) is 77.5 Å². The van der Waals surface area contributed by atoms with Gasteiger partial charge in [0.05, 0.1) is 16.8 Å². The van der Waals surface area contributed by atoms with Gasteiger partial charge in [0, 0.05) is 16.8 Å². The number of hydrogen-bond acceptors (Lipinski definition) is 1. The molecule has 0 N–H and O–H groups in total. The van der Waals surface area contributed by atoms with Crippen molar-refractivity contribution in [2.24, 2.45) is 0 Å². The molecule has 0 amide bonds. The van der Waals surface area contributed by atoms with E-state index >= 15 is 0 Å². The fraction of sp³-hybridized carbons (Fsp3) is 0.0141. The van der Waals surface area contributed by atoms with Crippen molar-refractivity contribution >= 4 is 27.8 Å². The highest BCUT2D eigenvalue weighted by Crippen LogP contribution is 2.57. The maximum Gasteiger partial charge on any atom is 0.0713 e. The van der Waals surface area contributed by atoms with Crippen molar-refractivity contribution < 1.29 is 0 Å². The summed E-state index contributed by atoms with van der Waals surface area (Å²) in [6.45, 7) is 0. The van der Waals surface area contributed by atoms with Crippen LogP contribution in [0.3, 0.4) is 0 Å². The second kappa shape index (κ2) is 18.2. The van der Waals surface area contributed by atoms with E-state index in [1.807, 2.05) is 0 Å². The van der Waals surface area contributed by atoms with Crippen LogP contribution in [0, 0.1) is 0 Å². The number of fused-ring (bicyclic) bond motifs is 4. The van der Waals surface area contributed by atoms with Crippen LogP contribution < -0.4 is 4.90 Å². The van der Waals surface area contributed by atoms with Crippen LogP contribution in [0.1, 0.15) is 22.3 Å². The van der Waals surface area contributed by atoms with Gasteiger partial charge in [-0.2, -0.15) is 0 Å². The van der Waals surface area contributed by atoms with Gasteiger partial charge in [-0.3, -0.25) is 0 Å². The van der Waals surface area contributed by atoms with E-state index in [1.54, 1.807) is 0 Å². The van der Waals surface area contributed by atoms with Crippen LogP contribution in [0.15, 0.2) is 297 Å². The molecule has 0 bridgehead atoms. The van der Waals surface area contributed by atoms with Gasteiger partial charge >= 0.3 is 0 Å². The van der Waals surface area contributed by atoms with Gasteiger partial charge < -0.3 is 4.90 Å². The molecule has 0 aromatic heterocycles. The summed E-state index contributed by atoms with van der Waals surface area (Å²) in [5.74, 6) is 0. The van der Waals surface area contributed by atoms with Gasteiger partial charge in [-0.1, -0.05) is 267 Å². The van der Waals surface area contributed by atoms with Crippen molar-refractivity contribution in [1.82, 2.24) is 0 Å².